The highest BCUT2D eigenvalue weighted by Gasteiger charge is 2.26. The van der Waals surface area contributed by atoms with Crippen molar-refractivity contribution < 1.29 is 17.9 Å². The predicted octanol–water partition coefficient (Wildman–Crippen LogP) is 5.40. The van der Waals surface area contributed by atoms with Crippen molar-refractivity contribution in [1.29, 1.82) is 0 Å². The molecule has 0 unspecified atom stereocenters. The second kappa shape index (κ2) is 9.02. The van der Waals surface area contributed by atoms with E-state index in [4.69, 9.17) is 9.47 Å². The van der Waals surface area contributed by atoms with Gasteiger partial charge < -0.3 is 9.47 Å². The van der Waals surface area contributed by atoms with Crippen LogP contribution < -0.4 is 13.8 Å². The van der Waals surface area contributed by atoms with E-state index in [0.717, 1.165) is 16.9 Å². The summed E-state index contributed by atoms with van der Waals surface area (Å²) in [6.07, 6.45) is 0. The molecule has 0 fully saturated rings. The molecule has 6 heteroatoms. The first-order valence-corrected chi connectivity index (χ1v) is 11.5. The van der Waals surface area contributed by atoms with Crippen molar-refractivity contribution in [3.8, 4) is 11.5 Å². The molecule has 164 valence electrons. The smallest absolute Gasteiger partial charge is 0.264 e. The fourth-order valence-corrected chi connectivity index (χ4v) is 4.68. The van der Waals surface area contributed by atoms with Crippen LogP contribution in [0.25, 0.3) is 0 Å². The molecule has 0 N–H and O–H groups in total. The van der Waals surface area contributed by atoms with Crippen LogP contribution in [0.3, 0.4) is 0 Å². The summed E-state index contributed by atoms with van der Waals surface area (Å²) < 4.78 is 39.3. The van der Waals surface area contributed by atoms with Gasteiger partial charge in [-0.15, -0.1) is 0 Å². The Kier molecular flexibility index (Phi) is 6.60. The van der Waals surface area contributed by atoms with Gasteiger partial charge in [0.1, 0.15) is 11.5 Å². The maximum atomic E-state index is 13.7. The summed E-state index contributed by atoms with van der Waals surface area (Å²) in [7, 11) is -0.646. The molecule has 0 atom stereocenters. The maximum Gasteiger partial charge on any atom is 0.264 e. The van der Waals surface area contributed by atoms with Crippen LogP contribution in [0.15, 0.2) is 77.7 Å². The van der Waals surface area contributed by atoms with Crippen molar-refractivity contribution in [2.45, 2.75) is 37.6 Å². The lowest BCUT2D eigenvalue weighted by atomic mass is 9.87. The number of sulfonamides is 1. The van der Waals surface area contributed by atoms with Gasteiger partial charge in [-0.2, -0.15) is 0 Å². The minimum absolute atomic E-state index is 0.0577. The van der Waals surface area contributed by atoms with E-state index in [1.807, 2.05) is 36.4 Å². The topological polar surface area (TPSA) is 55.8 Å². The zero-order valence-corrected chi connectivity index (χ0v) is 19.4. The highest BCUT2D eigenvalue weighted by molar-refractivity contribution is 7.92. The molecule has 0 aliphatic carbocycles. The Balaban J connectivity index is 2.05. The Morgan fingerprint density at radius 3 is 1.97 bits per heavy atom. The summed E-state index contributed by atoms with van der Waals surface area (Å²) in [6.45, 7) is 6.48. The van der Waals surface area contributed by atoms with Gasteiger partial charge in [0.2, 0.25) is 0 Å². The molecule has 3 rings (SSSR count). The summed E-state index contributed by atoms with van der Waals surface area (Å²) in [6, 6.07) is 21.6. The monoisotopic (exact) mass is 439 g/mol. The van der Waals surface area contributed by atoms with Gasteiger partial charge in [0.25, 0.3) is 10.0 Å². The summed E-state index contributed by atoms with van der Waals surface area (Å²) >= 11 is 0. The number of hydrogen-bond donors (Lipinski definition) is 0. The van der Waals surface area contributed by atoms with Gasteiger partial charge in [0.05, 0.1) is 31.3 Å². The van der Waals surface area contributed by atoms with Crippen LogP contribution >= 0.6 is 0 Å². The molecule has 3 aromatic carbocycles. The standard InChI is InChI=1S/C25H29NO4S/c1-25(2,3)20-11-15-24(16-12-20)31(27,28)26(21-7-6-8-23(17-21)30-5)18-19-9-13-22(29-4)14-10-19/h6-17H,18H2,1-5H3. The first-order chi connectivity index (χ1) is 14.6. The van der Waals surface area contributed by atoms with Gasteiger partial charge >= 0.3 is 0 Å². The minimum atomic E-state index is -3.81. The van der Waals surface area contributed by atoms with E-state index >= 15 is 0 Å². The first kappa shape index (κ1) is 22.7. The average molecular weight is 440 g/mol. The lowest BCUT2D eigenvalue weighted by molar-refractivity contribution is 0.414. The predicted molar refractivity (Wildman–Crippen MR) is 124 cm³/mol. The van der Waals surface area contributed by atoms with E-state index in [2.05, 4.69) is 20.8 Å². The largest absolute Gasteiger partial charge is 0.497 e. The van der Waals surface area contributed by atoms with Gasteiger partial charge in [-0.25, -0.2) is 8.42 Å². The summed E-state index contributed by atoms with van der Waals surface area (Å²) in [5.74, 6) is 1.31. The van der Waals surface area contributed by atoms with Gasteiger partial charge in [-0.1, -0.05) is 51.1 Å². The van der Waals surface area contributed by atoms with Crippen LogP contribution in [0.4, 0.5) is 5.69 Å². The SMILES string of the molecule is COc1ccc(CN(c2cccc(OC)c2)S(=O)(=O)c2ccc(C(C)(C)C)cc2)cc1. The molecular weight excluding hydrogens is 410 g/mol. The van der Waals surface area contributed by atoms with E-state index in [1.54, 1.807) is 50.6 Å². The molecular formula is C25H29NO4S. The van der Waals surface area contributed by atoms with Crippen molar-refractivity contribution in [3.05, 3.63) is 83.9 Å². The number of methoxy groups -OCH3 is 2. The Hall–Kier alpha value is -2.99. The van der Waals surface area contributed by atoms with Crippen LogP contribution in [0.5, 0.6) is 11.5 Å². The summed E-state index contributed by atoms with van der Waals surface area (Å²) in [5, 5.41) is 0. The van der Waals surface area contributed by atoms with Crippen LogP contribution in [-0.2, 0) is 22.0 Å². The molecule has 0 amide bonds. The van der Waals surface area contributed by atoms with E-state index in [1.165, 1.54) is 4.31 Å². The van der Waals surface area contributed by atoms with E-state index < -0.39 is 10.0 Å². The molecule has 31 heavy (non-hydrogen) atoms. The van der Waals surface area contributed by atoms with Crippen LogP contribution in [0.1, 0.15) is 31.9 Å². The quantitative estimate of drug-likeness (QED) is 0.495. The molecule has 0 heterocycles. The van der Waals surface area contributed by atoms with Gasteiger partial charge in [-0.3, -0.25) is 4.31 Å². The zero-order chi connectivity index (χ0) is 22.6. The second-order valence-corrected chi connectivity index (χ2v) is 10.2. The van der Waals surface area contributed by atoms with Gasteiger partial charge in [-0.05, 0) is 52.9 Å². The van der Waals surface area contributed by atoms with Gasteiger partial charge in [0, 0.05) is 6.07 Å². The highest BCUT2D eigenvalue weighted by atomic mass is 32.2. The van der Waals surface area contributed by atoms with Gasteiger partial charge in [0.15, 0.2) is 0 Å². The summed E-state index contributed by atoms with van der Waals surface area (Å²) in [5.41, 5.74) is 2.40. The number of nitrogens with zero attached hydrogens (tertiary/aromatic N) is 1. The molecule has 5 nitrogen and oxygen atoms in total. The Bertz CT molecular complexity index is 1120. The molecule has 0 aliphatic rings. The van der Waals surface area contributed by atoms with Crippen LogP contribution in [-0.4, -0.2) is 22.6 Å². The highest BCUT2D eigenvalue weighted by Crippen LogP contribution is 2.30. The second-order valence-electron chi connectivity index (χ2n) is 8.34. The van der Waals surface area contributed by atoms with Crippen molar-refractivity contribution >= 4 is 15.7 Å². The van der Waals surface area contributed by atoms with E-state index in [-0.39, 0.29) is 16.9 Å². The number of ether oxygens (including phenoxy) is 2. The van der Waals surface area contributed by atoms with Crippen molar-refractivity contribution in [2.24, 2.45) is 0 Å². The number of benzene rings is 3. The van der Waals surface area contributed by atoms with E-state index in [9.17, 15) is 8.42 Å². The molecule has 0 saturated carbocycles. The Morgan fingerprint density at radius 1 is 0.806 bits per heavy atom. The third kappa shape index (κ3) is 5.20. The van der Waals surface area contributed by atoms with Crippen molar-refractivity contribution in [1.82, 2.24) is 0 Å². The normalized spacial score (nSPS) is 11.8. The van der Waals surface area contributed by atoms with Crippen molar-refractivity contribution in [2.75, 3.05) is 18.5 Å². The molecule has 0 aromatic heterocycles. The van der Waals surface area contributed by atoms with Crippen molar-refractivity contribution in [3.63, 3.8) is 0 Å². The molecule has 0 saturated heterocycles. The average Bonchev–Trinajstić information content (AvgIpc) is 2.77. The minimum Gasteiger partial charge on any atom is -0.497 e. The number of rotatable bonds is 7. The fourth-order valence-electron chi connectivity index (χ4n) is 3.23. The third-order valence-corrected chi connectivity index (χ3v) is 6.92. The van der Waals surface area contributed by atoms with E-state index in [0.29, 0.717) is 11.4 Å². The zero-order valence-electron chi connectivity index (χ0n) is 18.6. The lowest BCUT2D eigenvalue weighted by Gasteiger charge is -2.26. The van der Waals surface area contributed by atoms with Crippen LogP contribution in [0, 0.1) is 0 Å². The molecule has 3 aromatic rings. The molecule has 0 spiro atoms. The third-order valence-electron chi connectivity index (χ3n) is 5.13. The summed E-state index contributed by atoms with van der Waals surface area (Å²) in [4.78, 5) is 0.247. The number of hydrogen-bond acceptors (Lipinski definition) is 4. The molecule has 0 radical (unpaired) electrons. The molecule has 0 bridgehead atoms. The van der Waals surface area contributed by atoms with Crippen LogP contribution in [0.2, 0.25) is 0 Å². The Morgan fingerprint density at radius 2 is 1.42 bits per heavy atom. The maximum absolute atomic E-state index is 13.7. The number of anilines is 1. The fraction of sp³-hybridized carbons (Fsp3) is 0.280. The Labute approximate surface area is 185 Å². The first-order valence-electron chi connectivity index (χ1n) is 10.1. The molecule has 0 aliphatic heterocycles. The lowest BCUT2D eigenvalue weighted by Crippen LogP contribution is -2.30.